The topological polar surface area (TPSA) is 33.4 Å². The van der Waals surface area contributed by atoms with Crippen LogP contribution in [-0.4, -0.2) is 34.5 Å². The molecule has 2 rings (SSSR count). The molecule has 0 bridgehead atoms. The Morgan fingerprint density at radius 2 is 2.12 bits per heavy atom. The van der Waals surface area contributed by atoms with Crippen LogP contribution in [0.3, 0.4) is 0 Å². The standard InChI is InChI=1S/C12H13BrN4/c1-16(2)15-12(17-8-7-14-9-17)10-5-3-4-6-11(10)13/h3-9H,1-2H3/b15-12+. The third-order valence-electron chi connectivity index (χ3n) is 2.16. The number of hydrogen-bond acceptors (Lipinski definition) is 3. The summed E-state index contributed by atoms with van der Waals surface area (Å²) < 4.78 is 2.90. The molecule has 2 aromatic rings. The van der Waals surface area contributed by atoms with Gasteiger partial charge in [-0.3, -0.25) is 4.57 Å². The molecule has 0 spiro atoms. The van der Waals surface area contributed by atoms with Gasteiger partial charge in [-0.2, -0.15) is 5.10 Å². The molecular formula is C12H13BrN4. The molecule has 1 aromatic heterocycles. The van der Waals surface area contributed by atoms with Gasteiger partial charge in [0.1, 0.15) is 6.33 Å². The fraction of sp³-hybridized carbons (Fsp3) is 0.167. The van der Waals surface area contributed by atoms with E-state index in [0.717, 1.165) is 15.9 Å². The lowest BCUT2D eigenvalue weighted by Gasteiger charge is -2.12. The fourth-order valence-electron chi connectivity index (χ4n) is 1.46. The lowest BCUT2D eigenvalue weighted by atomic mass is 10.2. The maximum absolute atomic E-state index is 4.49. The van der Waals surface area contributed by atoms with Crippen LogP contribution in [0.2, 0.25) is 0 Å². The molecule has 1 heterocycles. The second-order valence-electron chi connectivity index (χ2n) is 3.72. The third kappa shape index (κ3) is 2.74. The molecule has 0 unspecified atom stereocenters. The van der Waals surface area contributed by atoms with Crippen molar-refractivity contribution < 1.29 is 0 Å². The minimum Gasteiger partial charge on any atom is -0.301 e. The van der Waals surface area contributed by atoms with Crippen molar-refractivity contribution in [3.05, 3.63) is 53.0 Å². The predicted molar refractivity (Wildman–Crippen MR) is 72.0 cm³/mol. The summed E-state index contributed by atoms with van der Waals surface area (Å²) in [5, 5.41) is 6.27. The lowest BCUT2D eigenvalue weighted by molar-refractivity contribution is 0.435. The first-order valence-corrected chi connectivity index (χ1v) is 5.97. The summed E-state index contributed by atoms with van der Waals surface area (Å²) in [6.45, 7) is 0. The number of aromatic nitrogens is 2. The Morgan fingerprint density at radius 3 is 2.71 bits per heavy atom. The van der Waals surface area contributed by atoms with Crippen LogP contribution >= 0.6 is 15.9 Å². The molecule has 0 N–H and O–H groups in total. The van der Waals surface area contributed by atoms with Gasteiger partial charge < -0.3 is 5.01 Å². The maximum atomic E-state index is 4.49. The molecule has 0 saturated heterocycles. The number of halogens is 1. The van der Waals surface area contributed by atoms with Crippen LogP contribution in [0.4, 0.5) is 0 Å². The van der Waals surface area contributed by atoms with Gasteiger partial charge in [-0.15, -0.1) is 0 Å². The van der Waals surface area contributed by atoms with Crippen LogP contribution in [0.25, 0.3) is 0 Å². The predicted octanol–water partition coefficient (Wildman–Crippen LogP) is 2.42. The second-order valence-corrected chi connectivity index (χ2v) is 4.57. The van der Waals surface area contributed by atoms with E-state index in [1.807, 2.05) is 49.1 Å². The highest BCUT2D eigenvalue weighted by Crippen LogP contribution is 2.17. The first kappa shape index (κ1) is 11.9. The van der Waals surface area contributed by atoms with Crippen LogP contribution < -0.4 is 0 Å². The van der Waals surface area contributed by atoms with E-state index in [1.54, 1.807) is 17.5 Å². The number of hydrogen-bond donors (Lipinski definition) is 0. The molecule has 0 aliphatic carbocycles. The van der Waals surface area contributed by atoms with Gasteiger partial charge >= 0.3 is 0 Å². The average Bonchev–Trinajstić information content (AvgIpc) is 2.80. The van der Waals surface area contributed by atoms with Crippen LogP contribution in [-0.2, 0) is 0 Å². The first-order valence-electron chi connectivity index (χ1n) is 5.17. The molecule has 0 amide bonds. The molecule has 88 valence electrons. The first-order chi connectivity index (χ1) is 8.18. The minimum absolute atomic E-state index is 0.833. The van der Waals surface area contributed by atoms with Crippen molar-refractivity contribution in [2.24, 2.45) is 5.10 Å². The van der Waals surface area contributed by atoms with Gasteiger partial charge in [0.25, 0.3) is 0 Å². The number of nitrogens with zero attached hydrogens (tertiary/aromatic N) is 4. The van der Waals surface area contributed by atoms with E-state index in [-0.39, 0.29) is 0 Å². The Balaban J connectivity index is 2.53. The van der Waals surface area contributed by atoms with Gasteiger partial charge in [0.2, 0.25) is 0 Å². The summed E-state index contributed by atoms with van der Waals surface area (Å²) in [5.74, 6) is 0.833. The number of imidazole rings is 1. The molecular weight excluding hydrogens is 280 g/mol. The van der Waals surface area contributed by atoms with Gasteiger partial charge in [0.05, 0.1) is 0 Å². The van der Waals surface area contributed by atoms with Gasteiger partial charge in [0.15, 0.2) is 5.84 Å². The van der Waals surface area contributed by atoms with Crippen molar-refractivity contribution >= 4 is 21.8 Å². The molecule has 0 radical (unpaired) electrons. The van der Waals surface area contributed by atoms with E-state index < -0.39 is 0 Å². The van der Waals surface area contributed by atoms with Crippen LogP contribution in [0.15, 0.2) is 52.6 Å². The molecule has 0 fully saturated rings. The normalized spacial score (nSPS) is 11.6. The van der Waals surface area contributed by atoms with E-state index >= 15 is 0 Å². The van der Waals surface area contributed by atoms with Crippen molar-refractivity contribution in [2.75, 3.05) is 14.1 Å². The van der Waals surface area contributed by atoms with Crippen molar-refractivity contribution in [2.45, 2.75) is 0 Å². The summed E-state index contributed by atoms with van der Waals surface area (Å²) in [7, 11) is 3.79. The zero-order valence-corrected chi connectivity index (χ0v) is 11.3. The van der Waals surface area contributed by atoms with E-state index in [2.05, 4.69) is 26.0 Å². The van der Waals surface area contributed by atoms with Gasteiger partial charge in [0, 0.05) is 36.5 Å². The smallest absolute Gasteiger partial charge is 0.166 e. The summed E-state index contributed by atoms with van der Waals surface area (Å²) in [6.07, 6.45) is 5.35. The molecule has 0 aliphatic rings. The van der Waals surface area contributed by atoms with Gasteiger partial charge in [-0.05, 0) is 6.07 Å². The quantitative estimate of drug-likeness (QED) is 0.484. The fourth-order valence-corrected chi connectivity index (χ4v) is 1.92. The van der Waals surface area contributed by atoms with Gasteiger partial charge in [-0.1, -0.05) is 34.1 Å². The largest absolute Gasteiger partial charge is 0.301 e. The summed E-state index contributed by atoms with van der Waals surface area (Å²) in [4.78, 5) is 4.05. The van der Waals surface area contributed by atoms with Crippen molar-refractivity contribution in [3.63, 3.8) is 0 Å². The summed E-state index contributed by atoms with van der Waals surface area (Å²) in [5.41, 5.74) is 1.03. The Kier molecular flexibility index (Phi) is 3.58. The number of hydrazone groups is 1. The average molecular weight is 293 g/mol. The zero-order chi connectivity index (χ0) is 12.3. The maximum Gasteiger partial charge on any atom is 0.166 e. The number of rotatable bonds is 2. The highest BCUT2D eigenvalue weighted by molar-refractivity contribution is 9.10. The van der Waals surface area contributed by atoms with Crippen molar-refractivity contribution in [3.8, 4) is 0 Å². The molecule has 0 saturated carbocycles. The third-order valence-corrected chi connectivity index (χ3v) is 2.85. The van der Waals surface area contributed by atoms with E-state index in [4.69, 9.17) is 0 Å². The Bertz CT molecular complexity index is 517. The van der Waals surface area contributed by atoms with Crippen LogP contribution in [0.1, 0.15) is 5.56 Å². The number of benzene rings is 1. The van der Waals surface area contributed by atoms with Crippen LogP contribution in [0, 0.1) is 0 Å². The highest BCUT2D eigenvalue weighted by atomic mass is 79.9. The molecule has 0 atom stereocenters. The van der Waals surface area contributed by atoms with E-state index in [1.165, 1.54) is 0 Å². The van der Waals surface area contributed by atoms with Crippen molar-refractivity contribution in [1.29, 1.82) is 0 Å². The van der Waals surface area contributed by atoms with Crippen molar-refractivity contribution in [1.82, 2.24) is 14.6 Å². The monoisotopic (exact) mass is 292 g/mol. The lowest BCUT2D eigenvalue weighted by Crippen LogP contribution is -2.17. The van der Waals surface area contributed by atoms with Gasteiger partial charge in [-0.25, -0.2) is 4.98 Å². The SMILES string of the molecule is CN(C)/N=C(\c1ccccc1Br)n1ccnc1. The zero-order valence-electron chi connectivity index (χ0n) is 9.71. The molecule has 4 nitrogen and oxygen atoms in total. The van der Waals surface area contributed by atoms with E-state index in [0.29, 0.717) is 0 Å². The summed E-state index contributed by atoms with van der Waals surface area (Å²) in [6, 6.07) is 7.99. The Labute approximate surface area is 109 Å². The molecule has 0 aliphatic heterocycles. The molecule has 17 heavy (non-hydrogen) atoms. The Hall–Kier alpha value is -1.62. The van der Waals surface area contributed by atoms with Crippen LogP contribution in [0.5, 0.6) is 0 Å². The second kappa shape index (κ2) is 5.14. The van der Waals surface area contributed by atoms with E-state index in [9.17, 15) is 0 Å². The Morgan fingerprint density at radius 1 is 1.35 bits per heavy atom. The summed E-state index contributed by atoms with van der Waals surface area (Å²) >= 11 is 3.54. The highest BCUT2D eigenvalue weighted by Gasteiger charge is 2.09. The molecule has 5 heteroatoms. The minimum atomic E-state index is 0.833. The molecule has 1 aromatic carbocycles.